The van der Waals surface area contributed by atoms with Crippen LogP contribution in [-0.2, 0) is 0 Å². The van der Waals surface area contributed by atoms with Gasteiger partial charge in [-0.3, -0.25) is 0 Å². The third-order valence-electron chi connectivity index (χ3n) is 4.93. The summed E-state index contributed by atoms with van der Waals surface area (Å²) in [5, 5.41) is 6.77. The van der Waals surface area contributed by atoms with Crippen molar-refractivity contribution in [1.82, 2.24) is 0 Å². The predicted octanol–water partition coefficient (Wildman–Crippen LogP) is 4.75. The first-order valence-corrected chi connectivity index (χ1v) is 10.5. The molecule has 0 N–H and O–H groups in total. The molecule has 0 fully saturated rings. The first-order valence-electron chi connectivity index (χ1n) is 8.86. The van der Waals surface area contributed by atoms with E-state index in [4.69, 9.17) is 15.7 Å². The van der Waals surface area contributed by atoms with Gasteiger partial charge < -0.3 is 0 Å². The molecule has 5 aromatic rings. The van der Waals surface area contributed by atoms with E-state index in [0.29, 0.717) is 0 Å². The fourth-order valence-electron chi connectivity index (χ4n) is 3.85. The second kappa shape index (κ2) is 6.46. The molecule has 2 aromatic heterocycles. The van der Waals surface area contributed by atoms with Gasteiger partial charge in [0, 0.05) is 31.3 Å². The molecule has 0 unspecified atom stereocenters. The smallest absolute Gasteiger partial charge is 0.128 e. The van der Waals surface area contributed by atoms with Gasteiger partial charge >= 0.3 is 0 Å². The molecule has 0 nitrogen and oxygen atoms in total. The maximum absolute atomic E-state index is 6.07. The van der Waals surface area contributed by atoms with Gasteiger partial charge in [0.2, 0.25) is 0 Å². The molecule has 3 aromatic carbocycles. The van der Waals surface area contributed by atoms with Crippen LogP contribution in [0, 0.1) is 23.7 Å². The third-order valence-corrected chi connectivity index (χ3v) is 6.78. The van der Waals surface area contributed by atoms with E-state index in [1.165, 1.54) is 9.40 Å². The van der Waals surface area contributed by atoms with Gasteiger partial charge in [-0.15, -0.1) is 11.8 Å². The Morgan fingerprint density at radius 1 is 0.607 bits per heavy atom. The standard InChI is InChI=1S/C24H12B2S2/c1-3-5-15-17-7-13-9-23(25)28-22(13)12-20(17)16(6-4-2)18-8-14-10-24(26)27-21(14)11-19(15)18/h7-12H,1-2H3. The zero-order valence-corrected chi connectivity index (χ0v) is 17.1. The van der Waals surface area contributed by atoms with E-state index in [9.17, 15) is 0 Å². The lowest BCUT2D eigenvalue weighted by atomic mass is 9.90. The van der Waals surface area contributed by atoms with Crippen LogP contribution >= 0.6 is 22.7 Å². The number of rotatable bonds is 0. The number of benzene rings is 3. The van der Waals surface area contributed by atoms with Crippen molar-refractivity contribution in [2.45, 2.75) is 13.8 Å². The highest BCUT2D eigenvalue weighted by molar-refractivity contribution is 7.26. The summed E-state index contributed by atoms with van der Waals surface area (Å²) >= 11 is 3.21. The molecule has 0 amide bonds. The average Bonchev–Trinajstić information content (AvgIpc) is 3.21. The van der Waals surface area contributed by atoms with Crippen molar-refractivity contribution in [3.8, 4) is 23.7 Å². The molecule has 0 saturated carbocycles. The Hall–Kier alpha value is -2.65. The number of fused-ring (bicyclic) bond motifs is 4. The maximum atomic E-state index is 6.07. The minimum atomic E-state index is 0.817. The lowest BCUT2D eigenvalue weighted by Gasteiger charge is -2.12. The summed E-state index contributed by atoms with van der Waals surface area (Å²) in [5.74, 6) is 12.9. The second-order valence-corrected chi connectivity index (χ2v) is 8.90. The van der Waals surface area contributed by atoms with Gasteiger partial charge in [0.15, 0.2) is 0 Å². The molecule has 0 spiro atoms. The zero-order chi connectivity index (χ0) is 19.4. The summed E-state index contributed by atoms with van der Waals surface area (Å²) in [6.07, 6.45) is 0. The van der Waals surface area contributed by atoms with E-state index < -0.39 is 0 Å². The van der Waals surface area contributed by atoms with E-state index in [0.717, 1.165) is 53.0 Å². The Bertz CT molecular complexity index is 1350. The Labute approximate surface area is 174 Å². The summed E-state index contributed by atoms with van der Waals surface area (Å²) in [6.45, 7) is 3.75. The summed E-state index contributed by atoms with van der Waals surface area (Å²) in [7, 11) is 12.1. The maximum Gasteiger partial charge on any atom is 0.128 e. The second-order valence-electron chi connectivity index (χ2n) is 6.67. The van der Waals surface area contributed by atoms with Crippen molar-refractivity contribution in [3.05, 3.63) is 47.5 Å². The molecule has 0 aliphatic carbocycles. The molecular formula is C24H12B2S2. The van der Waals surface area contributed by atoms with E-state index in [1.807, 2.05) is 26.0 Å². The molecule has 28 heavy (non-hydrogen) atoms. The first-order chi connectivity index (χ1) is 13.6. The van der Waals surface area contributed by atoms with Gasteiger partial charge in [0.1, 0.15) is 15.7 Å². The molecule has 4 heteroatoms. The fourth-order valence-corrected chi connectivity index (χ4v) is 5.56. The molecular weight excluding hydrogens is 374 g/mol. The molecule has 0 atom stereocenters. The quantitative estimate of drug-likeness (QED) is 0.205. The van der Waals surface area contributed by atoms with Gasteiger partial charge in [-0.05, 0) is 69.2 Å². The normalized spacial score (nSPS) is 10.9. The minimum absolute atomic E-state index is 0.817. The van der Waals surface area contributed by atoms with E-state index >= 15 is 0 Å². The highest BCUT2D eigenvalue weighted by Crippen LogP contribution is 2.38. The van der Waals surface area contributed by atoms with Crippen molar-refractivity contribution < 1.29 is 0 Å². The van der Waals surface area contributed by atoms with Crippen molar-refractivity contribution in [2.75, 3.05) is 0 Å². The van der Waals surface area contributed by atoms with Crippen LogP contribution in [0.15, 0.2) is 36.4 Å². The summed E-state index contributed by atoms with van der Waals surface area (Å²) < 4.78 is 3.97. The van der Waals surface area contributed by atoms with E-state index in [2.05, 4.69) is 47.9 Å². The highest BCUT2D eigenvalue weighted by Gasteiger charge is 2.15. The Kier molecular flexibility index (Phi) is 4.02. The highest BCUT2D eigenvalue weighted by atomic mass is 32.1. The van der Waals surface area contributed by atoms with Gasteiger partial charge in [-0.1, -0.05) is 24.0 Å². The summed E-state index contributed by atoms with van der Waals surface area (Å²) in [6, 6.07) is 12.9. The van der Waals surface area contributed by atoms with E-state index in [-0.39, 0.29) is 0 Å². The first kappa shape index (κ1) is 17.4. The Morgan fingerprint density at radius 3 is 1.39 bits per heavy atom. The fraction of sp³-hybridized carbons (Fsp3) is 0.0833. The van der Waals surface area contributed by atoms with Gasteiger partial charge in [-0.25, -0.2) is 0 Å². The van der Waals surface area contributed by atoms with Crippen molar-refractivity contribution in [1.29, 1.82) is 0 Å². The molecule has 0 bridgehead atoms. The van der Waals surface area contributed by atoms with Crippen LogP contribution in [-0.4, -0.2) is 15.7 Å². The van der Waals surface area contributed by atoms with Crippen molar-refractivity contribution >= 4 is 89.6 Å². The van der Waals surface area contributed by atoms with Crippen molar-refractivity contribution in [3.63, 3.8) is 0 Å². The molecule has 2 heterocycles. The van der Waals surface area contributed by atoms with Crippen LogP contribution in [0.3, 0.4) is 0 Å². The van der Waals surface area contributed by atoms with Crippen LogP contribution < -0.4 is 9.55 Å². The van der Waals surface area contributed by atoms with Crippen LogP contribution in [0.1, 0.15) is 25.0 Å². The topological polar surface area (TPSA) is 0 Å². The van der Waals surface area contributed by atoms with Gasteiger partial charge in [-0.2, -0.15) is 22.7 Å². The molecule has 126 valence electrons. The van der Waals surface area contributed by atoms with Crippen LogP contribution in [0.2, 0.25) is 0 Å². The SMILES string of the molecule is [B]c1cc2cc3c(C#CC)c4cc5sc([B])cc5cc4c(C#CC)c3cc2s1. The molecule has 0 aliphatic heterocycles. The molecule has 0 saturated heterocycles. The van der Waals surface area contributed by atoms with Crippen molar-refractivity contribution in [2.24, 2.45) is 0 Å². The molecule has 5 rings (SSSR count). The molecule has 4 radical (unpaired) electrons. The van der Waals surface area contributed by atoms with Crippen LogP contribution in [0.5, 0.6) is 0 Å². The zero-order valence-electron chi connectivity index (χ0n) is 15.4. The Balaban J connectivity index is 2.10. The average molecular weight is 386 g/mol. The summed E-state index contributed by atoms with van der Waals surface area (Å²) in [5.41, 5.74) is 2.07. The van der Waals surface area contributed by atoms with E-state index in [1.54, 1.807) is 22.7 Å². The number of hydrogen-bond donors (Lipinski definition) is 0. The lowest BCUT2D eigenvalue weighted by Crippen LogP contribution is -1.91. The third kappa shape index (κ3) is 2.57. The summed E-state index contributed by atoms with van der Waals surface area (Å²) in [4.78, 5) is 0. The predicted molar refractivity (Wildman–Crippen MR) is 128 cm³/mol. The van der Waals surface area contributed by atoms with Gasteiger partial charge in [0.05, 0.1) is 0 Å². The van der Waals surface area contributed by atoms with Gasteiger partial charge in [0.25, 0.3) is 0 Å². The molecule has 0 aliphatic rings. The number of thiophene rings is 2. The number of hydrogen-bond acceptors (Lipinski definition) is 2. The minimum Gasteiger partial charge on any atom is -0.152 e. The monoisotopic (exact) mass is 386 g/mol. The lowest BCUT2D eigenvalue weighted by molar-refractivity contribution is 1.77. The Morgan fingerprint density at radius 2 is 1.00 bits per heavy atom. The largest absolute Gasteiger partial charge is 0.152 e. The van der Waals surface area contributed by atoms with Crippen LogP contribution in [0.25, 0.3) is 41.7 Å². The van der Waals surface area contributed by atoms with Crippen LogP contribution in [0.4, 0.5) is 0 Å².